The van der Waals surface area contributed by atoms with Crippen LogP contribution in [0.25, 0.3) is 10.9 Å². The van der Waals surface area contributed by atoms with E-state index in [2.05, 4.69) is 4.90 Å². The molecule has 0 amide bonds. The molecule has 1 N–H and O–H groups in total. The number of hydrogen-bond acceptors (Lipinski definition) is 4. The second kappa shape index (κ2) is 5.21. The summed E-state index contributed by atoms with van der Waals surface area (Å²) in [5.41, 5.74) is 2.14. The van der Waals surface area contributed by atoms with E-state index in [0.29, 0.717) is 18.6 Å². The molecular formula is C15H16N2O4. The molecule has 1 aliphatic rings. The number of carboxylic acid groups (broad SMARTS) is 1. The van der Waals surface area contributed by atoms with Crippen LogP contribution in [-0.2, 0) is 16.6 Å². The molecule has 1 fully saturated rings. The molecule has 21 heavy (non-hydrogen) atoms. The molecule has 1 saturated heterocycles. The number of carbonyl (C=O) groups excluding carboxylic acids is 1. The van der Waals surface area contributed by atoms with Crippen LogP contribution in [0, 0.1) is 0 Å². The second-order valence-corrected chi connectivity index (χ2v) is 5.09. The van der Waals surface area contributed by atoms with E-state index in [-0.39, 0.29) is 5.56 Å². The second-order valence-electron chi connectivity index (χ2n) is 5.09. The molecule has 0 atom stereocenters. The van der Waals surface area contributed by atoms with E-state index >= 15 is 0 Å². The van der Waals surface area contributed by atoms with Gasteiger partial charge in [0.25, 0.3) is 5.78 Å². The minimum atomic E-state index is -1.43. The number of aliphatic carboxylic acids is 1. The first kappa shape index (κ1) is 13.6. The van der Waals surface area contributed by atoms with Crippen molar-refractivity contribution in [3.63, 3.8) is 0 Å². The summed E-state index contributed by atoms with van der Waals surface area (Å²) in [6, 6.07) is 5.72. The van der Waals surface area contributed by atoms with Gasteiger partial charge in [-0.15, -0.1) is 0 Å². The van der Waals surface area contributed by atoms with Crippen molar-refractivity contribution in [1.82, 2.24) is 4.57 Å². The largest absolute Gasteiger partial charge is 0.475 e. The molecule has 6 nitrogen and oxygen atoms in total. The van der Waals surface area contributed by atoms with Gasteiger partial charge in [0.1, 0.15) is 0 Å². The van der Waals surface area contributed by atoms with Crippen LogP contribution in [0.4, 0.5) is 5.69 Å². The molecule has 6 heteroatoms. The van der Waals surface area contributed by atoms with E-state index in [4.69, 9.17) is 9.84 Å². The molecule has 0 unspecified atom stereocenters. The minimum Gasteiger partial charge on any atom is -0.475 e. The zero-order valence-corrected chi connectivity index (χ0v) is 11.7. The Hall–Kier alpha value is -2.34. The molecule has 1 aromatic carbocycles. The van der Waals surface area contributed by atoms with Crippen molar-refractivity contribution in [1.29, 1.82) is 0 Å². The van der Waals surface area contributed by atoms with Crippen molar-refractivity contribution in [2.45, 2.75) is 0 Å². The monoisotopic (exact) mass is 288 g/mol. The lowest BCUT2D eigenvalue weighted by Crippen LogP contribution is -2.36. The molecule has 1 aliphatic heterocycles. The predicted octanol–water partition coefficient (Wildman–Crippen LogP) is 1.28. The van der Waals surface area contributed by atoms with Gasteiger partial charge in [-0.05, 0) is 12.1 Å². The fraction of sp³-hybridized carbons (Fsp3) is 0.333. The molecule has 3 rings (SSSR count). The summed E-state index contributed by atoms with van der Waals surface area (Å²) in [4.78, 5) is 24.8. The number of rotatable bonds is 3. The van der Waals surface area contributed by atoms with Crippen LogP contribution in [0.15, 0.2) is 24.4 Å². The zero-order valence-electron chi connectivity index (χ0n) is 11.7. The molecule has 1 aromatic heterocycles. The molecule has 110 valence electrons. The van der Waals surface area contributed by atoms with Crippen LogP contribution in [-0.4, -0.2) is 47.7 Å². The molecule has 2 aromatic rings. The predicted molar refractivity (Wildman–Crippen MR) is 77.9 cm³/mol. The normalized spacial score (nSPS) is 15.4. The summed E-state index contributed by atoms with van der Waals surface area (Å²) in [6.45, 7) is 3.07. The summed E-state index contributed by atoms with van der Waals surface area (Å²) in [5, 5.41) is 9.55. The lowest BCUT2D eigenvalue weighted by atomic mass is 10.1. The van der Waals surface area contributed by atoms with E-state index in [0.717, 1.165) is 24.3 Å². The van der Waals surface area contributed by atoms with E-state index < -0.39 is 11.8 Å². The van der Waals surface area contributed by atoms with Gasteiger partial charge in [-0.25, -0.2) is 4.79 Å². The molecule has 0 saturated carbocycles. The zero-order chi connectivity index (χ0) is 15.0. The number of aromatic nitrogens is 1. The number of Topliss-reactive ketones (excluding diaryl/α,β-unsaturated/α-hetero) is 1. The van der Waals surface area contributed by atoms with Gasteiger partial charge in [0.2, 0.25) is 0 Å². The van der Waals surface area contributed by atoms with Crippen molar-refractivity contribution in [3.05, 3.63) is 30.0 Å². The quantitative estimate of drug-likeness (QED) is 0.680. The Balaban J connectivity index is 2.04. The number of carbonyl (C=O) groups is 2. The maximum absolute atomic E-state index is 11.7. The Kier molecular flexibility index (Phi) is 3.39. The Morgan fingerprint density at radius 1 is 1.24 bits per heavy atom. The number of ether oxygens (including phenoxy) is 1. The van der Waals surface area contributed by atoms with Crippen LogP contribution >= 0.6 is 0 Å². The maximum atomic E-state index is 11.7. The Morgan fingerprint density at radius 3 is 2.62 bits per heavy atom. The highest BCUT2D eigenvalue weighted by Gasteiger charge is 2.21. The highest BCUT2D eigenvalue weighted by molar-refractivity contribution is 6.42. The first-order valence-electron chi connectivity index (χ1n) is 6.77. The number of fused-ring (bicyclic) bond motifs is 1. The summed E-state index contributed by atoms with van der Waals surface area (Å²) < 4.78 is 7.12. The third-order valence-corrected chi connectivity index (χ3v) is 3.79. The summed E-state index contributed by atoms with van der Waals surface area (Å²) in [5.74, 6) is -2.31. The average Bonchev–Trinajstić information content (AvgIpc) is 2.84. The number of ketones is 1. The van der Waals surface area contributed by atoms with Gasteiger partial charge in [0.15, 0.2) is 0 Å². The van der Waals surface area contributed by atoms with Crippen molar-refractivity contribution in [3.8, 4) is 0 Å². The number of morpholine rings is 1. The van der Waals surface area contributed by atoms with E-state index in [1.165, 1.54) is 0 Å². The maximum Gasteiger partial charge on any atom is 0.377 e. The topological polar surface area (TPSA) is 71.8 Å². The third kappa shape index (κ3) is 2.38. The van der Waals surface area contributed by atoms with Crippen molar-refractivity contribution in [2.24, 2.45) is 7.05 Å². The van der Waals surface area contributed by atoms with E-state index in [1.54, 1.807) is 10.8 Å². The number of aryl methyl sites for hydroxylation is 1. The first-order chi connectivity index (χ1) is 10.1. The molecule has 0 bridgehead atoms. The number of nitrogens with zero attached hydrogens (tertiary/aromatic N) is 2. The minimum absolute atomic E-state index is 0.230. The van der Waals surface area contributed by atoms with Crippen LogP contribution in [0.2, 0.25) is 0 Å². The fourth-order valence-corrected chi connectivity index (χ4v) is 2.69. The van der Waals surface area contributed by atoms with Gasteiger partial charge in [0.05, 0.1) is 24.3 Å². The Morgan fingerprint density at radius 2 is 1.95 bits per heavy atom. The number of anilines is 1. The average molecular weight is 288 g/mol. The van der Waals surface area contributed by atoms with Gasteiger partial charge in [0, 0.05) is 37.4 Å². The third-order valence-electron chi connectivity index (χ3n) is 3.79. The molecule has 2 heterocycles. The summed E-state index contributed by atoms with van der Waals surface area (Å²) in [6.07, 6.45) is 1.57. The van der Waals surface area contributed by atoms with Gasteiger partial charge >= 0.3 is 5.97 Å². The standard InChI is InChI=1S/C15H16N2O4/c1-16-9-12(14(18)15(19)20)11-3-2-10(8-13(11)16)17-4-6-21-7-5-17/h2-3,8-9H,4-7H2,1H3,(H,19,20). The van der Waals surface area contributed by atoms with Crippen molar-refractivity contribution in [2.75, 3.05) is 31.2 Å². The van der Waals surface area contributed by atoms with Crippen molar-refractivity contribution >= 4 is 28.3 Å². The van der Waals surface area contributed by atoms with Gasteiger partial charge in [-0.3, -0.25) is 4.79 Å². The lowest BCUT2D eigenvalue weighted by Gasteiger charge is -2.28. The Labute approximate surface area is 121 Å². The molecular weight excluding hydrogens is 272 g/mol. The highest BCUT2D eigenvalue weighted by atomic mass is 16.5. The van der Waals surface area contributed by atoms with Crippen molar-refractivity contribution < 1.29 is 19.4 Å². The summed E-state index contributed by atoms with van der Waals surface area (Å²) in [7, 11) is 1.81. The van der Waals surface area contributed by atoms with E-state index in [9.17, 15) is 9.59 Å². The van der Waals surface area contributed by atoms with Gasteiger partial charge < -0.3 is 19.3 Å². The SMILES string of the molecule is Cn1cc(C(=O)C(=O)O)c2ccc(N3CCOCC3)cc21. The highest BCUT2D eigenvalue weighted by Crippen LogP contribution is 2.27. The number of benzene rings is 1. The number of carboxylic acids is 1. The molecule has 0 radical (unpaired) electrons. The van der Waals surface area contributed by atoms with Crippen LogP contribution in [0.3, 0.4) is 0 Å². The van der Waals surface area contributed by atoms with Crippen LogP contribution in [0.5, 0.6) is 0 Å². The lowest BCUT2D eigenvalue weighted by molar-refractivity contribution is -0.131. The van der Waals surface area contributed by atoms with Crippen LogP contribution in [0.1, 0.15) is 10.4 Å². The van der Waals surface area contributed by atoms with Gasteiger partial charge in [-0.1, -0.05) is 6.07 Å². The Bertz CT molecular complexity index is 714. The fourth-order valence-electron chi connectivity index (χ4n) is 2.69. The first-order valence-corrected chi connectivity index (χ1v) is 6.77. The van der Waals surface area contributed by atoms with Crippen LogP contribution < -0.4 is 4.90 Å². The molecule has 0 aliphatic carbocycles. The number of hydrogen-bond donors (Lipinski definition) is 1. The van der Waals surface area contributed by atoms with Gasteiger partial charge in [-0.2, -0.15) is 0 Å². The summed E-state index contributed by atoms with van der Waals surface area (Å²) >= 11 is 0. The smallest absolute Gasteiger partial charge is 0.377 e. The molecule has 0 spiro atoms. The van der Waals surface area contributed by atoms with E-state index in [1.807, 2.05) is 25.2 Å².